The number of alkyl halides is 1. The van der Waals surface area contributed by atoms with E-state index in [1.54, 1.807) is 6.07 Å². The molecule has 0 aliphatic heterocycles. The molecule has 4 fully saturated rings. The van der Waals surface area contributed by atoms with Crippen LogP contribution in [0.1, 0.15) is 64.7 Å². The minimum absolute atomic E-state index is 0.0648. The Morgan fingerprint density at radius 2 is 1.94 bits per heavy atom. The van der Waals surface area contributed by atoms with Gasteiger partial charge in [0.2, 0.25) is 17.7 Å². The van der Waals surface area contributed by atoms with Gasteiger partial charge in [0.25, 0.3) is 0 Å². The Balaban J connectivity index is 1.32. The Bertz CT molecular complexity index is 977. The molecule has 5 nitrogen and oxygen atoms in total. The monoisotopic (exact) mass is 505 g/mol. The zero-order valence-electron chi connectivity index (χ0n) is 18.1. The van der Waals surface area contributed by atoms with Gasteiger partial charge < -0.3 is 9.32 Å². The van der Waals surface area contributed by atoms with E-state index in [1.807, 2.05) is 23.1 Å². The molecule has 1 amide bonds. The van der Waals surface area contributed by atoms with Crippen molar-refractivity contribution in [3.8, 4) is 11.5 Å². The topological polar surface area (TPSA) is 59.2 Å². The SMILES string of the molecule is CC(C)N(Cc1nnc(-c2ccccc2Cl)o1)C(=O)CC12C[C@@H]3C[C@@H](CC(Br)(C3)C1)C2. The fraction of sp³-hybridized carbons (Fsp3) is 0.625. The second-order valence-corrected chi connectivity index (χ2v) is 12.5. The molecule has 1 aromatic carbocycles. The van der Waals surface area contributed by atoms with Crippen LogP contribution >= 0.6 is 27.5 Å². The van der Waals surface area contributed by atoms with Crippen LogP contribution in [-0.2, 0) is 11.3 Å². The van der Waals surface area contributed by atoms with Gasteiger partial charge >= 0.3 is 0 Å². The Hall–Kier alpha value is -1.40. The molecule has 2 aromatic rings. The standard InChI is InChI=1S/C24H29BrClN3O2/c1-15(2)29(13-20-27-28-22(31-20)18-5-3-4-6-19(18)26)21(30)12-23-8-16-7-17(9-23)11-24(25,10-16)14-23/h3-6,15-17H,7-14H2,1-2H3/t16-,17+,23?,24?. The van der Waals surface area contributed by atoms with Gasteiger partial charge in [0, 0.05) is 16.8 Å². The predicted molar refractivity (Wildman–Crippen MR) is 124 cm³/mol. The minimum atomic E-state index is 0.0648. The quantitative estimate of drug-likeness (QED) is 0.434. The van der Waals surface area contributed by atoms with Crippen molar-refractivity contribution in [3.05, 3.63) is 35.2 Å². The van der Waals surface area contributed by atoms with Crippen LogP contribution < -0.4 is 0 Å². The Kier molecular flexibility index (Phi) is 5.45. The van der Waals surface area contributed by atoms with E-state index in [-0.39, 0.29) is 21.7 Å². The molecule has 1 aromatic heterocycles. The van der Waals surface area contributed by atoms with Crippen LogP contribution in [-0.4, -0.2) is 31.4 Å². The maximum atomic E-state index is 13.5. The molecule has 4 atom stereocenters. The van der Waals surface area contributed by atoms with Crippen LogP contribution in [0.25, 0.3) is 11.5 Å². The summed E-state index contributed by atoms with van der Waals surface area (Å²) in [7, 11) is 0. The summed E-state index contributed by atoms with van der Waals surface area (Å²) in [5, 5.41) is 8.93. The number of carbonyl (C=O) groups excluding carboxylic acids is 1. The van der Waals surface area contributed by atoms with Crippen molar-refractivity contribution in [1.29, 1.82) is 0 Å². The van der Waals surface area contributed by atoms with Gasteiger partial charge in [-0.25, -0.2) is 0 Å². The van der Waals surface area contributed by atoms with Crippen LogP contribution in [0.15, 0.2) is 28.7 Å². The number of rotatable bonds is 6. The smallest absolute Gasteiger partial charge is 0.249 e. The summed E-state index contributed by atoms with van der Waals surface area (Å²) in [6.45, 7) is 4.43. The number of halogens is 2. The second kappa shape index (κ2) is 7.87. The third-order valence-corrected chi connectivity index (χ3v) is 8.71. The highest BCUT2D eigenvalue weighted by Crippen LogP contribution is 2.65. The summed E-state index contributed by atoms with van der Waals surface area (Å²) >= 11 is 10.3. The normalized spacial score (nSPS) is 31.4. The molecule has 6 rings (SSSR count). The third kappa shape index (κ3) is 4.18. The number of carbonyl (C=O) groups is 1. The van der Waals surface area contributed by atoms with Gasteiger partial charge in [-0.3, -0.25) is 4.79 Å². The summed E-state index contributed by atoms with van der Waals surface area (Å²) in [5.74, 6) is 2.58. The lowest BCUT2D eigenvalue weighted by Gasteiger charge is -2.60. The summed E-state index contributed by atoms with van der Waals surface area (Å²) in [5.41, 5.74) is 0.858. The largest absolute Gasteiger partial charge is 0.419 e. The van der Waals surface area contributed by atoms with Crippen molar-refractivity contribution in [1.82, 2.24) is 15.1 Å². The number of nitrogens with zero attached hydrogens (tertiary/aromatic N) is 3. The molecule has 2 unspecified atom stereocenters. The van der Waals surface area contributed by atoms with Crippen molar-refractivity contribution in [2.75, 3.05) is 0 Å². The van der Waals surface area contributed by atoms with Crippen molar-refractivity contribution in [2.45, 2.75) is 75.7 Å². The van der Waals surface area contributed by atoms with E-state index in [1.165, 1.54) is 32.1 Å². The van der Waals surface area contributed by atoms with Gasteiger partial charge in [-0.15, -0.1) is 10.2 Å². The average Bonchev–Trinajstić information content (AvgIpc) is 3.12. The molecule has 7 heteroatoms. The first-order chi connectivity index (χ1) is 14.7. The van der Waals surface area contributed by atoms with E-state index in [9.17, 15) is 4.79 Å². The van der Waals surface area contributed by atoms with Gasteiger partial charge in [0.15, 0.2) is 0 Å². The maximum Gasteiger partial charge on any atom is 0.249 e. The lowest BCUT2D eigenvalue weighted by atomic mass is 9.48. The molecule has 0 N–H and O–H groups in total. The van der Waals surface area contributed by atoms with Gasteiger partial charge in [-0.2, -0.15) is 0 Å². The van der Waals surface area contributed by atoms with E-state index in [0.29, 0.717) is 35.3 Å². The van der Waals surface area contributed by atoms with Crippen molar-refractivity contribution < 1.29 is 9.21 Å². The molecular weight excluding hydrogens is 478 g/mol. The number of amides is 1. The van der Waals surface area contributed by atoms with Gasteiger partial charge in [0.1, 0.15) is 0 Å². The highest BCUT2D eigenvalue weighted by atomic mass is 79.9. The first kappa shape index (κ1) is 21.4. The molecule has 1 heterocycles. The molecule has 31 heavy (non-hydrogen) atoms. The highest BCUT2D eigenvalue weighted by molar-refractivity contribution is 9.10. The Morgan fingerprint density at radius 1 is 1.23 bits per heavy atom. The maximum absolute atomic E-state index is 13.5. The third-order valence-electron chi connectivity index (χ3n) is 7.46. The van der Waals surface area contributed by atoms with Crippen LogP contribution in [0, 0.1) is 17.3 Å². The average molecular weight is 507 g/mol. The first-order valence-corrected chi connectivity index (χ1v) is 12.5. The molecule has 0 saturated heterocycles. The molecule has 166 valence electrons. The van der Waals surface area contributed by atoms with E-state index in [4.69, 9.17) is 16.0 Å². The minimum Gasteiger partial charge on any atom is -0.419 e. The fourth-order valence-electron chi connectivity index (χ4n) is 6.73. The zero-order valence-corrected chi connectivity index (χ0v) is 20.5. The van der Waals surface area contributed by atoms with Crippen LogP contribution in [0.2, 0.25) is 5.02 Å². The number of hydrogen-bond acceptors (Lipinski definition) is 4. The van der Waals surface area contributed by atoms with E-state index in [0.717, 1.165) is 18.3 Å². The Labute approximate surface area is 197 Å². The summed E-state index contributed by atoms with van der Waals surface area (Å²) in [6.07, 6.45) is 8.06. The van der Waals surface area contributed by atoms with E-state index >= 15 is 0 Å². The van der Waals surface area contributed by atoms with Crippen LogP contribution in [0.5, 0.6) is 0 Å². The Morgan fingerprint density at radius 3 is 2.58 bits per heavy atom. The summed E-state index contributed by atoms with van der Waals surface area (Å²) in [4.78, 5) is 15.4. The molecule has 0 radical (unpaired) electrons. The highest BCUT2D eigenvalue weighted by Gasteiger charge is 2.57. The van der Waals surface area contributed by atoms with Crippen LogP contribution in [0.3, 0.4) is 0 Å². The van der Waals surface area contributed by atoms with E-state index in [2.05, 4.69) is 40.0 Å². The lowest BCUT2D eigenvalue weighted by molar-refractivity contribution is -0.141. The number of hydrogen-bond donors (Lipinski definition) is 0. The molecular formula is C24H29BrClN3O2. The molecule has 4 bridgehead atoms. The van der Waals surface area contributed by atoms with Crippen LogP contribution in [0.4, 0.5) is 0 Å². The van der Waals surface area contributed by atoms with Gasteiger partial charge in [-0.1, -0.05) is 39.7 Å². The lowest BCUT2D eigenvalue weighted by Crippen LogP contribution is -2.54. The van der Waals surface area contributed by atoms with Gasteiger partial charge in [0.05, 0.1) is 17.1 Å². The number of aromatic nitrogens is 2. The van der Waals surface area contributed by atoms with Crippen molar-refractivity contribution >= 4 is 33.4 Å². The second-order valence-electron chi connectivity index (χ2n) is 10.4. The zero-order chi connectivity index (χ0) is 21.8. The summed E-state index contributed by atoms with van der Waals surface area (Å²) in [6, 6.07) is 7.47. The summed E-state index contributed by atoms with van der Waals surface area (Å²) < 4.78 is 6.14. The van der Waals surface area contributed by atoms with E-state index < -0.39 is 0 Å². The molecule has 4 saturated carbocycles. The molecule has 4 aliphatic rings. The van der Waals surface area contributed by atoms with Crippen molar-refractivity contribution in [3.63, 3.8) is 0 Å². The number of benzene rings is 1. The predicted octanol–water partition coefficient (Wildman–Crippen LogP) is 6.25. The fourth-order valence-corrected chi connectivity index (χ4v) is 8.46. The first-order valence-electron chi connectivity index (χ1n) is 11.3. The molecule has 0 spiro atoms. The molecule has 4 aliphatic carbocycles. The van der Waals surface area contributed by atoms with Gasteiger partial charge in [-0.05, 0) is 81.8 Å². The van der Waals surface area contributed by atoms with Crippen molar-refractivity contribution in [2.24, 2.45) is 17.3 Å².